The number of aliphatic hydroxyl groups excluding tert-OH is 1. The van der Waals surface area contributed by atoms with Gasteiger partial charge in [0.15, 0.2) is 5.84 Å². The lowest BCUT2D eigenvalue weighted by Crippen LogP contribution is -2.25. The number of nitrogens with two attached hydrogens (primary N) is 1. The smallest absolute Gasteiger partial charge is 0.172 e. The second kappa shape index (κ2) is 4.63. The van der Waals surface area contributed by atoms with Crippen molar-refractivity contribution >= 4 is 11.5 Å². The highest BCUT2D eigenvalue weighted by Crippen LogP contribution is 2.25. The summed E-state index contributed by atoms with van der Waals surface area (Å²) in [4.78, 5) is 2.05. The highest BCUT2D eigenvalue weighted by atomic mass is 16.4. The number of hydrogen-bond donors (Lipinski definition) is 3. The van der Waals surface area contributed by atoms with E-state index in [9.17, 15) is 5.11 Å². The molecule has 0 aliphatic carbocycles. The largest absolute Gasteiger partial charge is 0.409 e. The van der Waals surface area contributed by atoms with E-state index in [4.69, 9.17) is 10.9 Å². The minimum Gasteiger partial charge on any atom is -0.409 e. The Bertz CT molecular complexity index is 445. The van der Waals surface area contributed by atoms with E-state index in [1.54, 1.807) is 0 Å². The van der Waals surface area contributed by atoms with Gasteiger partial charge in [-0.05, 0) is 25.5 Å². The van der Waals surface area contributed by atoms with Crippen molar-refractivity contribution in [1.82, 2.24) is 0 Å². The maximum absolute atomic E-state index is 9.55. The molecule has 1 heterocycles. The van der Waals surface area contributed by atoms with Gasteiger partial charge in [-0.25, -0.2) is 0 Å². The van der Waals surface area contributed by atoms with Crippen LogP contribution >= 0.6 is 0 Å². The molecule has 0 spiro atoms. The maximum Gasteiger partial charge on any atom is 0.172 e. The molecule has 5 nitrogen and oxygen atoms in total. The van der Waals surface area contributed by atoms with E-state index in [0.29, 0.717) is 12.1 Å². The molecule has 1 fully saturated rings. The number of benzene rings is 1. The second-order valence-corrected chi connectivity index (χ2v) is 4.39. The third-order valence-corrected chi connectivity index (χ3v) is 3.04. The molecule has 17 heavy (non-hydrogen) atoms. The lowest BCUT2D eigenvalue weighted by atomic mass is 10.1. The Morgan fingerprint density at radius 3 is 2.88 bits per heavy atom. The summed E-state index contributed by atoms with van der Waals surface area (Å²) in [7, 11) is 0. The number of hydrogen-bond acceptors (Lipinski definition) is 4. The van der Waals surface area contributed by atoms with Crippen LogP contribution in [0.3, 0.4) is 0 Å². The molecule has 4 N–H and O–H groups in total. The van der Waals surface area contributed by atoms with Crippen LogP contribution < -0.4 is 10.6 Å². The van der Waals surface area contributed by atoms with Gasteiger partial charge >= 0.3 is 0 Å². The number of nitrogens with zero attached hydrogens (tertiary/aromatic N) is 2. The van der Waals surface area contributed by atoms with Crippen molar-refractivity contribution in [2.75, 3.05) is 18.0 Å². The minimum absolute atomic E-state index is 0.102. The lowest BCUT2D eigenvalue weighted by Gasteiger charge is -2.21. The van der Waals surface area contributed by atoms with Crippen molar-refractivity contribution in [3.63, 3.8) is 0 Å². The highest BCUT2D eigenvalue weighted by Gasteiger charge is 2.23. The van der Waals surface area contributed by atoms with Gasteiger partial charge in [0.25, 0.3) is 0 Å². The molecule has 1 aliphatic rings. The normalized spacial score (nSPS) is 20.9. The average Bonchev–Trinajstić information content (AvgIpc) is 2.74. The fourth-order valence-corrected chi connectivity index (χ4v) is 2.15. The Morgan fingerprint density at radius 2 is 2.29 bits per heavy atom. The van der Waals surface area contributed by atoms with Gasteiger partial charge in [0.2, 0.25) is 0 Å². The molecule has 1 unspecified atom stereocenters. The Kier molecular flexibility index (Phi) is 3.19. The number of aryl methyl sites for hydroxylation is 1. The molecule has 0 bridgehead atoms. The third kappa shape index (κ3) is 2.34. The molecule has 2 rings (SSSR count). The predicted octanol–water partition coefficient (Wildman–Crippen LogP) is 0.661. The predicted molar refractivity (Wildman–Crippen MR) is 66.5 cm³/mol. The van der Waals surface area contributed by atoms with Gasteiger partial charge in [-0.2, -0.15) is 0 Å². The molecule has 1 saturated heterocycles. The molecule has 1 aromatic carbocycles. The quantitative estimate of drug-likeness (QED) is 0.304. The van der Waals surface area contributed by atoms with E-state index >= 15 is 0 Å². The minimum atomic E-state index is -0.295. The van der Waals surface area contributed by atoms with Crippen LogP contribution in [0.5, 0.6) is 0 Å². The summed E-state index contributed by atoms with van der Waals surface area (Å²) >= 11 is 0. The molecule has 1 aromatic rings. The van der Waals surface area contributed by atoms with Crippen molar-refractivity contribution in [3.05, 3.63) is 29.3 Å². The first-order chi connectivity index (χ1) is 8.11. The van der Waals surface area contributed by atoms with Crippen LogP contribution in [0.25, 0.3) is 0 Å². The third-order valence-electron chi connectivity index (χ3n) is 3.04. The van der Waals surface area contributed by atoms with Gasteiger partial charge in [-0.15, -0.1) is 0 Å². The van der Waals surface area contributed by atoms with Crippen LogP contribution in [0.4, 0.5) is 5.69 Å². The number of oxime groups is 1. The lowest BCUT2D eigenvalue weighted by molar-refractivity contribution is 0.198. The van der Waals surface area contributed by atoms with Gasteiger partial charge in [0.1, 0.15) is 0 Å². The first-order valence-corrected chi connectivity index (χ1v) is 5.63. The monoisotopic (exact) mass is 235 g/mol. The average molecular weight is 235 g/mol. The molecular formula is C12H17N3O2. The highest BCUT2D eigenvalue weighted by molar-refractivity contribution is 6.02. The van der Waals surface area contributed by atoms with Crippen molar-refractivity contribution in [2.24, 2.45) is 10.9 Å². The first kappa shape index (κ1) is 11.7. The summed E-state index contributed by atoms with van der Waals surface area (Å²) < 4.78 is 0. The number of aliphatic hydroxyl groups is 1. The van der Waals surface area contributed by atoms with Crippen molar-refractivity contribution in [2.45, 2.75) is 19.4 Å². The van der Waals surface area contributed by atoms with E-state index in [0.717, 1.165) is 24.2 Å². The van der Waals surface area contributed by atoms with Gasteiger partial charge < -0.3 is 20.9 Å². The summed E-state index contributed by atoms with van der Waals surface area (Å²) in [5, 5.41) is 21.4. The number of rotatable bonds is 2. The van der Waals surface area contributed by atoms with Crippen LogP contribution in [0.15, 0.2) is 23.4 Å². The summed E-state index contributed by atoms with van der Waals surface area (Å²) in [6.07, 6.45) is 0.459. The molecule has 0 saturated carbocycles. The maximum atomic E-state index is 9.55. The van der Waals surface area contributed by atoms with E-state index in [1.165, 1.54) is 0 Å². The standard InChI is InChI=1S/C12H17N3O2/c1-8-2-3-11(10(6-8)12(13)14-17)15-5-4-9(16)7-15/h2-3,6,9,16-17H,4-5,7H2,1H3,(H2,13,14). The van der Waals surface area contributed by atoms with E-state index < -0.39 is 0 Å². The van der Waals surface area contributed by atoms with Crippen LogP contribution in [0.1, 0.15) is 17.5 Å². The fraction of sp³-hybridized carbons (Fsp3) is 0.417. The topological polar surface area (TPSA) is 82.1 Å². The van der Waals surface area contributed by atoms with Gasteiger partial charge in [-0.1, -0.05) is 16.8 Å². The Balaban J connectivity index is 2.39. The van der Waals surface area contributed by atoms with Crippen molar-refractivity contribution in [3.8, 4) is 0 Å². The number of anilines is 1. The Labute approximate surface area is 100 Å². The molecule has 92 valence electrons. The number of amidine groups is 1. The van der Waals surface area contributed by atoms with Crippen LogP contribution in [-0.2, 0) is 0 Å². The zero-order valence-corrected chi connectivity index (χ0v) is 9.80. The second-order valence-electron chi connectivity index (χ2n) is 4.39. The first-order valence-electron chi connectivity index (χ1n) is 5.63. The molecule has 1 atom stereocenters. The van der Waals surface area contributed by atoms with Gasteiger partial charge in [0, 0.05) is 24.3 Å². The summed E-state index contributed by atoms with van der Waals surface area (Å²) in [6, 6.07) is 5.81. The Morgan fingerprint density at radius 1 is 1.53 bits per heavy atom. The van der Waals surface area contributed by atoms with Gasteiger partial charge in [-0.3, -0.25) is 0 Å². The summed E-state index contributed by atoms with van der Waals surface area (Å²) in [5.41, 5.74) is 8.34. The molecule has 0 radical (unpaired) electrons. The fourth-order valence-electron chi connectivity index (χ4n) is 2.15. The molecule has 5 heteroatoms. The molecule has 0 amide bonds. The SMILES string of the molecule is Cc1ccc(N2CCC(O)C2)c(/C(N)=N/O)c1. The van der Waals surface area contributed by atoms with Crippen LogP contribution in [0, 0.1) is 6.92 Å². The summed E-state index contributed by atoms with van der Waals surface area (Å²) in [5.74, 6) is 0.102. The van der Waals surface area contributed by atoms with Crippen molar-refractivity contribution < 1.29 is 10.3 Å². The van der Waals surface area contributed by atoms with E-state index in [2.05, 4.69) is 10.1 Å². The summed E-state index contributed by atoms with van der Waals surface area (Å²) in [6.45, 7) is 3.33. The van der Waals surface area contributed by atoms with E-state index in [-0.39, 0.29) is 11.9 Å². The van der Waals surface area contributed by atoms with Crippen LogP contribution in [0.2, 0.25) is 0 Å². The number of β-amino-alcohol motifs (C(OH)–C–C–N with tert-alkyl or cyclic N) is 1. The zero-order valence-electron chi connectivity index (χ0n) is 9.80. The molecule has 1 aliphatic heterocycles. The van der Waals surface area contributed by atoms with E-state index in [1.807, 2.05) is 25.1 Å². The Hall–Kier alpha value is -1.75. The van der Waals surface area contributed by atoms with Crippen LogP contribution in [-0.4, -0.2) is 35.3 Å². The molecule has 0 aromatic heterocycles. The van der Waals surface area contributed by atoms with Crippen molar-refractivity contribution in [1.29, 1.82) is 0 Å². The zero-order chi connectivity index (χ0) is 12.4. The molecular weight excluding hydrogens is 218 g/mol. The van der Waals surface area contributed by atoms with Gasteiger partial charge in [0.05, 0.1) is 6.10 Å².